The van der Waals surface area contributed by atoms with Crippen molar-refractivity contribution in [3.05, 3.63) is 28.0 Å². The van der Waals surface area contributed by atoms with Crippen molar-refractivity contribution in [2.45, 2.75) is 113 Å². The monoisotopic (exact) mass is 627 g/mol. The van der Waals surface area contributed by atoms with Gasteiger partial charge in [-0.3, -0.25) is 29.2 Å². The molecule has 1 heterocycles. The van der Waals surface area contributed by atoms with Gasteiger partial charge in [-0.25, -0.2) is 0 Å². The summed E-state index contributed by atoms with van der Waals surface area (Å²) in [6, 6.07) is 3.75. The molecule has 0 radical (unpaired) electrons. The minimum Gasteiger partial charge on any atom is -0.459 e. The van der Waals surface area contributed by atoms with E-state index in [4.69, 9.17) is 19.2 Å². The smallest absolute Gasteiger partial charge is 0.320 e. The number of hydrogen-bond donors (Lipinski definition) is 0. The summed E-state index contributed by atoms with van der Waals surface area (Å²) in [6.07, 6.45) is 0. The molecule has 0 aliphatic rings. The van der Waals surface area contributed by atoms with Gasteiger partial charge >= 0.3 is 17.9 Å². The highest BCUT2D eigenvalue weighted by Gasteiger charge is 2.26. The van der Waals surface area contributed by atoms with Crippen LogP contribution >= 0.6 is 15.9 Å². The van der Waals surface area contributed by atoms with E-state index in [2.05, 4.69) is 36.7 Å². The fourth-order valence-electron chi connectivity index (χ4n) is 3.90. The Labute approximate surface area is 249 Å². The molecule has 0 spiro atoms. The second-order valence-corrected chi connectivity index (χ2v) is 15.3. The highest BCUT2D eigenvalue weighted by atomic mass is 79.9. The molecule has 0 bridgehead atoms. The number of ether oxygens (including phenoxy) is 3. The third kappa shape index (κ3) is 17.6. The van der Waals surface area contributed by atoms with Crippen LogP contribution in [0.1, 0.15) is 94.5 Å². The van der Waals surface area contributed by atoms with Gasteiger partial charge in [-0.05, 0) is 79.9 Å². The topological polar surface area (TPSA) is 98.3 Å². The molecule has 40 heavy (non-hydrogen) atoms. The van der Waals surface area contributed by atoms with Crippen molar-refractivity contribution in [2.24, 2.45) is 5.41 Å². The molecule has 0 aliphatic heterocycles. The van der Waals surface area contributed by atoms with Crippen LogP contribution in [0.2, 0.25) is 0 Å². The Hall–Kier alpha value is -2.04. The van der Waals surface area contributed by atoms with Gasteiger partial charge in [0.1, 0.15) is 16.8 Å². The lowest BCUT2D eigenvalue weighted by atomic mass is 9.96. The molecule has 0 atom stereocenters. The molecule has 228 valence electrons. The Morgan fingerprint density at radius 1 is 0.650 bits per heavy atom. The van der Waals surface area contributed by atoms with Gasteiger partial charge in [0.25, 0.3) is 0 Å². The molecule has 1 rings (SSSR count). The number of pyridine rings is 1. The van der Waals surface area contributed by atoms with E-state index < -0.39 is 28.7 Å². The summed E-state index contributed by atoms with van der Waals surface area (Å²) in [7, 11) is 0. The summed E-state index contributed by atoms with van der Waals surface area (Å²) < 4.78 is 17.3. The lowest BCUT2D eigenvalue weighted by Crippen LogP contribution is -2.40. The van der Waals surface area contributed by atoms with E-state index in [9.17, 15) is 14.4 Å². The van der Waals surface area contributed by atoms with Gasteiger partial charge in [0.15, 0.2) is 0 Å². The largest absolute Gasteiger partial charge is 0.459 e. The lowest BCUT2D eigenvalue weighted by Gasteiger charge is -2.30. The van der Waals surface area contributed by atoms with Crippen molar-refractivity contribution in [1.29, 1.82) is 0 Å². The third-order valence-corrected chi connectivity index (χ3v) is 5.14. The molecule has 0 saturated carbocycles. The predicted octanol–water partition coefficient (Wildman–Crippen LogP) is 5.52. The van der Waals surface area contributed by atoms with Crippen LogP contribution in [0, 0.1) is 5.41 Å². The van der Waals surface area contributed by atoms with E-state index in [1.807, 2.05) is 37.8 Å². The first-order valence-corrected chi connectivity index (χ1v) is 14.4. The molecule has 0 aliphatic carbocycles. The summed E-state index contributed by atoms with van der Waals surface area (Å²) in [4.78, 5) is 46.4. The molecule has 0 unspecified atom stereocenters. The normalized spacial score (nSPS) is 13.0. The predicted molar refractivity (Wildman–Crippen MR) is 159 cm³/mol. The van der Waals surface area contributed by atoms with Crippen LogP contribution in [-0.4, -0.2) is 75.7 Å². The zero-order valence-electron chi connectivity index (χ0n) is 26.6. The average molecular weight is 629 g/mol. The van der Waals surface area contributed by atoms with Crippen molar-refractivity contribution < 1.29 is 28.6 Å². The SMILES string of the molecule is CC(C)(C)CN(CC(=O)OC(C)(C)C)Cc1cc(Br)cc(CN(CC(=O)OC(C)(C)C)CC(=O)OC(C)(C)C)n1. The van der Waals surface area contributed by atoms with Crippen molar-refractivity contribution >= 4 is 33.8 Å². The van der Waals surface area contributed by atoms with E-state index in [1.54, 1.807) is 46.4 Å². The fraction of sp³-hybridized carbons (Fsp3) is 0.733. The third-order valence-electron chi connectivity index (χ3n) is 4.68. The number of halogens is 1. The van der Waals surface area contributed by atoms with Gasteiger partial charge in [0.2, 0.25) is 0 Å². The van der Waals surface area contributed by atoms with Crippen LogP contribution in [0.5, 0.6) is 0 Å². The number of rotatable bonds is 11. The minimum atomic E-state index is -0.652. The van der Waals surface area contributed by atoms with E-state index in [1.165, 1.54) is 0 Å². The maximum atomic E-state index is 12.6. The molecule has 0 amide bonds. The quantitative estimate of drug-likeness (QED) is 0.232. The number of aromatic nitrogens is 1. The van der Waals surface area contributed by atoms with E-state index in [0.717, 1.165) is 10.2 Å². The van der Waals surface area contributed by atoms with Crippen molar-refractivity contribution in [2.75, 3.05) is 26.2 Å². The van der Waals surface area contributed by atoms with Crippen LogP contribution in [0.25, 0.3) is 0 Å². The van der Waals surface area contributed by atoms with E-state index in [-0.39, 0.29) is 37.6 Å². The lowest BCUT2D eigenvalue weighted by molar-refractivity contribution is -0.160. The molecule has 0 aromatic carbocycles. The second-order valence-electron chi connectivity index (χ2n) is 14.4. The summed E-state index contributed by atoms with van der Waals surface area (Å²) in [5.74, 6) is -1.19. The molecule has 1 aromatic rings. The maximum Gasteiger partial charge on any atom is 0.320 e. The van der Waals surface area contributed by atoms with Crippen LogP contribution in [0.15, 0.2) is 16.6 Å². The molecule has 9 nitrogen and oxygen atoms in total. The second kappa shape index (κ2) is 14.2. The number of nitrogens with zero attached hydrogens (tertiary/aromatic N) is 3. The molecule has 10 heteroatoms. The highest BCUT2D eigenvalue weighted by molar-refractivity contribution is 9.10. The van der Waals surface area contributed by atoms with E-state index >= 15 is 0 Å². The van der Waals surface area contributed by atoms with Gasteiger partial charge < -0.3 is 14.2 Å². The highest BCUT2D eigenvalue weighted by Crippen LogP contribution is 2.21. The Morgan fingerprint density at radius 3 is 1.30 bits per heavy atom. The fourth-order valence-corrected chi connectivity index (χ4v) is 4.43. The Morgan fingerprint density at radius 2 is 0.975 bits per heavy atom. The summed E-state index contributed by atoms with van der Waals surface area (Å²) in [5, 5.41) is 0. The number of carbonyl (C=O) groups excluding carboxylic acids is 3. The van der Waals surface area contributed by atoms with Crippen LogP contribution in [0.4, 0.5) is 0 Å². The maximum absolute atomic E-state index is 12.6. The first-order valence-electron chi connectivity index (χ1n) is 13.6. The first kappa shape index (κ1) is 36.0. The van der Waals surface area contributed by atoms with Gasteiger partial charge in [0, 0.05) is 24.1 Å². The molecule has 1 aromatic heterocycles. The van der Waals surface area contributed by atoms with Crippen LogP contribution < -0.4 is 0 Å². The molecule has 0 N–H and O–H groups in total. The van der Waals surface area contributed by atoms with Gasteiger partial charge in [-0.2, -0.15) is 0 Å². The zero-order valence-corrected chi connectivity index (χ0v) is 28.2. The Bertz CT molecular complexity index is 986. The minimum absolute atomic E-state index is 0.0610. The standard InChI is InChI=1S/C30H50BrN3O6/c1-27(2,3)20-34(19-26(37)40-30(10,11)12)16-23-14-21(31)13-22(32-23)15-33(17-24(35)38-28(4,5)6)18-25(36)39-29(7,8)9/h13-14H,15-20H2,1-12H3. The van der Waals surface area contributed by atoms with E-state index in [0.29, 0.717) is 18.8 Å². The molecule has 0 saturated heterocycles. The summed E-state index contributed by atoms with van der Waals surface area (Å²) in [5.41, 5.74) is -0.538. The number of hydrogen-bond acceptors (Lipinski definition) is 9. The van der Waals surface area contributed by atoms with Crippen LogP contribution in [0.3, 0.4) is 0 Å². The van der Waals surface area contributed by atoms with Crippen LogP contribution in [-0.2, 0) is 41.7 Å². The summed E-state index contributed by atoms with van der Waals surface area (Å²) in [6.45, 7) is 23.9. The van der Waals surface area contributed by atoms with Crippen molar-refractivity contribution in [3.63, 3.8) is 0 Å². The number of esters is 3. The van der Waals surface area contributed by atoms with Gasteiger partial charge in [0.05, 0.1) is 31.0 Å². The zero-order chi connectivity index (χ0) is 31.1. The Balaban J connectivity index is 3.20. The molecule has 0 fully saturated rings. The molecular formula is C30H50BrN3O6. The Kier molecular flexibility index (Phi) is 12.8. The molecular weight excluding hydrogens is 578 g/mol. The van der Waals surface area contributed by atoms with Crippen molar-refractivity contribution in [3.8, 4) is 0 Å². The first-order chi connectivity index (χ1) is 17.9. The average Bonchev–Trinajstić information content (AvgIpc) is 2.60. The van der Waals surface area contributed by atoms with Gasteiger partial charge in [-0.15, -0.1) is 0 Å². The number of carbonyl (C=O) groups is 3. The van der Waals surface area contributed by atoms with Crippen molar-refractivity contribution in [1.82, 2.24) is 14.8 Å². The van der Waals surface area contributed by atoms with Gasteiger partial charge in [-0.1, -0.05) is 36.7 Å². The summed E-state index contributed by atoms with van der Waals surface area (Å²) >= 11 is 3.57.